The van der Waals surface area contributed by atoms with Gasteiger partial charge in [0.15, 0.2) is 0 Å². The van der Waals surface area contributed by atoms with Gasteiger partial charge in [-0.25, -0.2) is 21.9 Å². The minimum Gasteiger partial charge on any atom is -0.387 e. The molecule has 0 aliphatic rings. The van der Waals surface area contributed by atoms with Gasteiger partial charge in [0, 0.05) is 6.54 Å². The fourth-order valence-electron chi connectivity index (χ4n) is 1.72. The number of sulfonamides is 1. The Bertz CT molecular complexity index is 766. The summed E-state index contributed by atoms with van der Waals surface area (Å²) >= 11 is 5.53. The first-order valence-electron chi connectivity index (χ1n) is 6.18. The van der Waals surface area contributed by atoms with Crippen molar-refractivity contribution < 1.29 is 22.3 Å². The summed E-state index contributed by atoms with van der Waals surface area (Å²) in [5.74, 6) is -1.27. The van der Waals surface area contributed by atoms with Crippen molar-refractivity contribution in [3.8, 4) is 0 Å². The van der Waals surface area contributed by atoms with Gasteiger partial charge in [-0.1, -0.05) is 17.7 Å². The molecule has 0 aliphatic heterocycles. The highest BCUT2D eigenvalue weighted by atomic mass is 35.5. The molecule has 0 bridgehead atoms. The Labute approximate surface area is 131 Å². The molecule has 0 saturated heterocycles. The maximum Gasteiger partial charge on any atom is 0.240 e. The Hall–Kier alpha value is -1.54. The molecule has 1 atom stereocenters. The molecule has 0 amide bonds. The van der Waals surface area contributed by atoms with Gasteiger partial charge in [-0.05, 0) is 42.0 Å². The normalized spacial score (nSPS) is 13.1. The van der Waals surface area contributed by atoms with Gasteiger partial charge in [0.2, 0.25) is 10.0 Å². The van der Waals surface area contributed by atoms with Crippen molar-refractivity contribution >= 4 is 21.6 Å². The number of benzene rings is 2. The zero-order valence-corrected chi connectivity index (χ0v) is 12.7. The molecule has 0 fully saturated rings. The molecule has 2 N–H and O–H groups in total. The molecular weight excluding hydrogens is 336 g/mol. The molecule has 8 heteroatoms. The highest BCUT2D eigenvalue weighted by Gasteiger charge is 2.17. The van der Waals surface area contributed by atoms with Crippen molar-refractivity contribution in [2.75, 3.05) is 6.54 Å². The Morgan fingerprint density at radius 1 is 1.14 bits per heavy atom. The highest BCUT2D eigenvalue weighted by Crippen LogP contribution is 2.20. The van der Waals surface area contributed by atoms with Crippen LogP contribution in [0.3, 0.4) is 0 Å². The highest BCUT2D eigenvalue weighted by molar-refractivity contribution is 7.89. The van der Waals surface area contributed by atoms with Crippen molar-refractivity contribution in [1.82, 2.24) is 4.72 Å². The number of rotatable bonds is 5. The first-order valence-corrected chi connectivity index (χ1v) is 8.04. The average molecular weight is 348 g/mol. The Balaban J connectivity index is 2.07. The van der Waals surface area contributed by atoms with Crippen molar-refractivity contribution in [3.05, 3.63) is 64.7 Å². The molecule has 22 heavy (non-hydrogen) atoms. The lowest BCUT2D eigenvalue weighted by molar-refractivity contribution is 0.181. The smallest absolute Gasteiger partial charge is 0.240 e. The van der Waals surface area contributed by atoms with Crippen molar-refractivity contribution in [1.29, 1.82) is 0 Å². The van der Waals surface area contributed by atoms with E-state index >= 15 is 0 Å². The predicted molar refractivity (Wildman–Crippen MR) is 78.0 cm³/mol. The van der Waals surface area contributed by atoms with Crippen LogP contribution in [0.15, 0.2) is 47.4 Å². The number of nitrogens with one attached hydrogen (secondary N) is 1. The topological polar surface area (TPSA) is 66.4 Å². The van der Waals surface area contributed by atoms with Crippen molar-refractivity contribution in [3.63, 3.8) is 0 Å². The van der Waals surface area contributed by atoms with E-state index in [0.717, 1.165) is 30.3 Å². The standard InChI is InChI=1S/C14H12ClF2NO3S/c15-12-6-1-9(7-13(12)17)14(19)8-18-22(20,21)11-4-2-10(16)3-5-11/h1-7,14,18-19H,8H2. The fourth-order valence-corrected chi connectivity index (χ4v) is 2.88. The molecule has 2 rings (SSSR count). The van der Waals surface area contributed by atoms with E-state index in [9.17, 15) is 22.3 Å². The molecule has 4 nitrogen and oxygen atoms in total. The SMILES string of the molecule is O=S(=O)(NCC(O)c1ccc(Cl)c(F)c1)c1ccc(F)cc1. The summed E-state index contributed by atoms with van der Waals surface area (Å²) in [6, 6.07) is 7.92. The van der Waals surface area contributed by atoms with Gasteiger partial charge in [-0.15, -0.1) is 0 Å². The van der Waals surface area contributed by atoms with E-state index in [-0.39, 0.29) is 22.0 Å². The van der Waals surface area contributed by atoms with Gasteiger partial charge in [0.05, 0.1) is 16.0 Å². The van der Waals surface area contributed by atoms with Gasteiger partial charge in [-0.3, -0.25) is 0 Å². The van der Waals surface area contributed by atoms with E-state index in [1.165, 1.54) is 12.1 Å². The lowest BCUT2D eigenvalue weighted by atomic mass is 10.1. The Morgan fingerprint density at radius 2 is 1.77 bits per heavy atom. The summed E-state index contributed by atoms with van der Waals surface area (Å²) in [5.41, 5.74) is 0.184. The molecule has 1 unspecified atom stereocenters. The maximum absolute atomic E-state index is 13.3. The van der Waals surface area contributed by atoms with Crippen LogP contribution in [0.5, 0.6) is 0 Å². The Kier molecular flexibility index (Phi) is 5.12. The average Bonchev–Trinajstić information content (AvgIpc) is 2.48. The number of aliphatic hydroxyl groups excluding tert-OH is 1. The molecule has 0 aliphatic carbocycles. The van der Waals surface area contributed by atoms with Gasteiger partial charge < -0.3 is 5.11 Å². The number of hydrogen-bond acceptors (Lipinski definition) is 3. The fraction of sp³-hybridized carbons (Fsp3) is 0.143. The number of aliphatic hydroxyl groups is 1. The molecule has 2 aromatic carbocycles. The van der Waals surface area contributed by atoms with E-state index < -0.39 is 27.8 Å². The number of hydrogen-bond donors (Lipinski definition) is 2. The molecule has 0 saturated carbocycles. The molecule has 0 heterocycles. The third-order valence-electron chi connectivity index (χ3n) is 2.92. The quantitative estimate of drug-likeness (QED) is 0.873. The number of halogens is 3. The van der Waals surface area contributed by atoms with Crippen molar-refractivity contribution in [2.24, 2.45) is 0 Å². The summed E-state index contributed by atoms with van der Waals surface area (Å²) in [5, 5.41) is 9.80. The first-order chi connectivity index (χ1) is 10.3. The first kappa shape index (κ1) is 16.8. The summed E-state index contributed by atoms with van der Waals surface area (Å²) < 4.78 is 52.2. The molecule has 0 aromatic heterocycles. The minimum absolute atomic E-state index is 0.0946. The van der Waals surface area contributed by atoms with Crippen LogP contribution in [0.2, 0.25) is 5.02 Å². The van der Waals surface area contributed by atoms with E-state index in [0.29, 0.717) is 0 Å². The predicted octanol–water partition coefficient (Wildman–Crippen LogP) is 2.63. The third-order valence-corrected chi connectivity index (χ3v) is 4.67. The zero-order valence-electron chi connectivity index (χ0n) is 11.1. The van der Waals surface area contributed by atoms with Crippen LogP contribution in [0, 0.1) is 11.6 Å². The molecular formula is C14H12ClF2NO3S. The van der Waals surface area contributed by atoms with Gasteiger partial charge in [0.25, 0.3) is 0 Å². The molecule has 0 spiro atoms. The van der Waals surface area contributed by atoms with E-state index in [2.05, 4.69) is 4.72 Å². The molecule has 118 valence electrons. The Morgan fingerprint density at radius 3 is 2.36 bits per heavy atom. The van der Waals surface area contributed by atoms with Crippen LogP contribution < -0.4 is 4.72 Å². The van der Waals surface area contributed by atoms with Crippen molar-refractivity contribution in [2.45, 2.75) is 11.0 Å². The van der Waals surface area contributed by atoms with E-state index in [4.69, 9.17) is 11.6 Å². The molecule has 2 aromatic rings. The van der Waals surface area contributed by atoms with Gasteiger partial charge in [0.1, 0.15) is 11.6 Å². The van der Waals surface area contributed by atoms with Crippen LogP contribution in [0.1, 0.15) is 11.7 Å². The second kappa shape index (κ2) is 6.70. The lowest BCUT2D eigenvalue weighted by Crippen LogP contribution is -2.28. The molecule has 0 radical (unpaired) electrons. The third kappa shape index (κ3) is 4.01. The monoisotopic (exact) mass is 347 g/mol. The van der Waals surface area contributed by atoms with E-state index in [1.807, 2.05) is 0 Å². The zero-order chi connectivity index (χ0) is 16.3. The minimum atomic E-state index is -3.89. The largest absolute Gasteiger partial charge is 0.387 e. The van der Waals surface area contributed by atoms with Gasteiger partial charge in [-0.2, -0.15) is 0 Å². The van der Waals surface area contributed by atoms with Crippen LogP contribution in [0.4, 0.5) is 8.78 Å². The summed E-state index contributed by atoms with van der Waals surface area (Å²) in [7, 11) is -3.89. The summed E-state index contributed by atoms with van der Waals surface area (Å²) in [6.45, 7) is -0.360. The van der Waals surface area contributed by atoms with E-state index in [1.54, 1.807) is 0 Å². The van der Waals surface area contributed by atoms with Gasteiger partial charge >= 0.3 is 0 Å². The summed E-state index contributed by atoms with van der Waals surface area (Å²) in [6.07, 6.45) is -1.25. The second-order valence-corrected chi connectivity index (χ2v) is 6.67. The summed E-state index contributed by atoms with van der Waals surface area (Å²) in [4.78, 5) is -0.136. The van der Waals surface area contributed by atoms with Crippen LogP contribution >= 0.6 is 11.6 Å². The maximum atomic E-state index is 13.3. The lowest BCUT2D eigenvalue weighted by Gasteiger charge is -2.13. The second-order valence-electron chi connectivity index (χ2n) is 4.50. The van der Waals surface area contributed by atoms with Crippen LogP contribution in [0.25, 0.3) is 0 Å². The van der Waals surface area contributed by atoms with Crippen LogP contribution in [-0.2, 0) is 10.0 Å². The van der Waals surface area contributed by atoms with Crippen LogP contribution in [-0.4, -0.2) is 20.1 Å².